The molecule has 110 valence electrons. The van der Waals surface area contributed by atoms with Gasteiger partial charge in [-0.25, -0.2) is 4.39 Å². The molecule has 21 heavy (non-hydrogen) atoms. The van der Waals surface area contributed by atoms with Gasteiger partial charge in [0.05, 0.1) is 22.7 Å². The van der Waals surface area contributed by atoms with Crippen LogP contribution < -0.4 is 5.32 Å². The third kappa shape index (κ3) is 3.04. The van der Waals surface area contributed by atoms with Crippen molar-refractivity contribution in [2.75, 3.05) is 0 Å². The summed E-state index contributed by atoms with van der Waals surface area (Å²) in [6.45, 7) is 3.07. The number of carbonyl (C=O) groups excluding carboxylic acids is 1. The van der Waals surface area contributed by atoms with Gasteiger partial charge in [-0.2, -0.15) is 5.10 Å². The monoisotopic (exact) mass is 292 g/mol. The number of hydrogen-bond acceptors (Lipinski definition) is 4. The molecule has 0 aliphatic carbocycles. The minimum absolute atomic E-state index is 0.0466. The average Bonchev–Trinajstić information content (AvgIpc) is 2.95. The van der Waals surface area contributed by atoms with Gasteiger partial charge in [-0.1, -0.05) is 0 Å². The third-order valence-electron chi connectivity index (χ3n) is 3.06. The molecule has 1 heterocycles. The van der Waals surface area contributed by atoms with E-state index in [4.69, 9.17) is 0 Å². The van der Waals surface area contributed by atoms with E-state index in [0.29, 0.717) is 5.56 Å². The summed E-state index contributed by atoms with van der Waals surface area (Å²) >= 11 is 0. The van der Waals surface area contributed by atoms with Gasteiger partial charge in [-0.15, -0.1) is 0 Å². The van der Waals surface area contributed by atoms with Crippen molar-refractivity contribution in [3.8, 4) is 0 Å². The predicted octanol–water partition coefficient (Wildman–Crippen LogP) is 2.26. The van der Waals surface area contributed by atoms with E-state index in [9.17, 15) is 19.3 Å². The highest BCUT2D eigenvalue weighted by Gasteiger charge is 2.21. The van der Waals surface area contributed by atoms with Crippen molar-refractivity contribution in [1.82, 2.24) is 15.5 Å². The van der Waals surface area contributed by atoms with Crippen molar-refractivity contribution in [2.45, 2.75) is 19.9 Å². The largest absolute Gasteiger partial charge is 0.345 e. The molecule has 0 radical (unpaired) electrons. The first-order valence-electron chi connectivity index (χ1n) is 6.14. The zero-order valence-electron chi connectivity index (χ0n) is 11.4. The zero-order chi connectivity index (χ0) is 15.6. The van der Waals surface area contributed by atoms with Crippen LogP contribution in [0.15, 0.2) is 24.5 Å². The van der Waals surface area contributed by atoms with Gasteiger partial charge >= 0.3 is 0 Å². The molecule has 0 aliphatic heterocycles. The normalized spacial score (nSPS) is 12.0. The lowest BCUT2D eigenvalue weighted by Crippen LogP contribution is -2.27. The number of hydrogen-bond donors (Lipinski definition) is 2. The van der Waals surface area contributed by atoms with Gasteiger partial charge < -0.3 is 5.32 Å². The van der Waals surface area contributed by atoms with E-state index in [2.05, 4.69) is 15.5 Å². The summed E-state index contributed by atoms with van der Waals surface area (Å²) in [7, 11) is 0. The Kier molecular flexibility index (Phi) is 3.97. The molecule has 2 N–H and O–H groups in total. The number of H-pyrrole nitrogens is 1. The molecule has 1 atom stereocenters. The van der Waals surface area contributed by atoms with Crippen LogP contribution in [0.5, 0.6) is 0 Å². The van der Waals surface area contributed by atoms with Gasteiger partial charge in [-0.05, 0) is 19.4 Å². The average molecular weight is 292 g/mol. The minimum atomic E-state index is -0.766. The number of amides is 1. The quantitative estimate of drug-likeness (QED) is 0.666. The molecule has 2 rings (SSSR count). The Morgan fingerprint density at radius 2 is 2.24 bits per heavy atom. The fraction of sp³-hybridized carbons (Fsp3) is 0.231. The molecule has 2 aromatic rings. The molecule has 1 unspecified atom stereocenters. The second-order valence-corrected chi connectivity index (χ2v) is 4.61. The van der Waals surface area contributed by atoms with Crippen LogP contribution in [-0.4, -0.2) is 21.0 Å². The maximum atomic E-state index is 14.0. The molecule has 0 bridgehead atoms. The highest BCUT2D eigenvalue weighted by molar-refractivity contribution is 5.95. The number of non-ortho nitro benzene ring substituents is 1. The summed E-state index contributed by atoms with van der Waals surface area (Å²) in [5, 5.41) is 19.7. The van der Waals surface area contributed by atoms with E-state index >= 15 is 0 Å². The van der Waals surface area contributed by atoms with Crippen LogP contribution in [0.2, 0.25) is 0 Å². The van der Waals surface area contributed by atoms with Gasteiger partial charge in [-0.3, -0.25) is 20.0 Å². The van der Waals surface area contributed by atoms with Gasteiger partial charge in [0.25, 0.3) is 11.6 Å². The maximum absolute atomic E-state index is 14.0. The summed E-state index contributed by atoms with van der Waals surface area (Å²) in [6, 6.07) is 1.61. The maximum Gasteiger partial charge on any atom is 0.270 e. The van der Waals surface area contributed by atoms with Crippen LogP contribution in [0.4, 0.5) is 10.1 Å². The topological polar surface area (TPSA) is 101 Å². The van der Waals surface area contributed by atoms with Gasteiger partial charge in [0.2, 0.25) is 0 Å². The van der Waals surface area contributed by atoms with E-state index < -0.39 is 22.7 Å². The fourth-order valence-corrected chi connectivity index (χ4v) is 1.88. The number of halogens is 1. The molecule has 0 aliphatic rings. The third-order valence-corrected chi connectivity index (χ3v) is 3.06. The minimum Gasteiger partial charge on any atom is -0.345 e. The second kappa shape index (κ2) is 5.70. The zero-order valence-corrected chi connectivity index (χ0v) is 11.4. The first-order valence-corrected chi connectivity index (χ1v) is 6.14. The number of aromatic nitrogens is 2. The molecule has 0 saturated carbocycles. The molecule has 0 spiro atoms. The van der Waals surface area contributed by atoms with Crippen molar-refractivity contribution >= 4 is 11.6 Å². The van der Waals surface area contributed by atoms with E-state index in [1.807, 2.05) is 0 Å². The summed E-state index contributed by atoms with van der Waals surface area (Å²) < 4.78 is 14.0. The first kappa shape index (κ1) is 14.6. The molecule has 8 heteroatoms. The van der Waals surface area contributed by atoms with Gasteiger partial charge in [0.15, 0.2) is 0 Å². The van der Waals surface area contributed by atoms with Crippen LogP contribution in [0.3, 0.4) is 0 Å². The Bertz CT molecular complexity index is 685. The molecule has 1 aromatic carbocycles. The second-order valence-electron chi connectivity index (χ2n) is 4.61. The van der Waals surface area contributed by atoms with Crippen LogP contribution in [0.1, 0.15) is 34.5 Å². The number of nitro groups is 1. The van der Waals surface area contributed by atoms with Crippen LogP contribution in [0.25, 0.3) is 0 Å². The lowest BCUT2D eigenvalue weighted by atomic mass is 10.1. The van der Waals surface area contributed by atoms with Crippen molar-refractivity contribution in [3.63, 3.8) is 0 Å². The van der Waals surface area contributed by atoms with Crippen molar-refractivity contribution in [1.29, 1.82) is 0 Å². The summed E-state index contributed by atoms with van der Waals surface area (Å²) in [5.74, 6) is -1.48. The molecular weight excluding hydrogens is 279 g/mol. The first-order chi connectivity index (χ1) is 9.90. The van der Waals surface area contributed by atoms with Crippen molar-refractivity contribution in [2.24, 2.45) is 0 Å². The molecule has 1 aromatic heterocycles. The molecule has 0 fully saturated rings. The van der Waals surface area contributed by atoms with E-state index in [1.165, 1.54) is 13.1 Å². The van der Waals surface area contributed by atoms with Crippen molar-refractivity contribution < 1.29 is 14.1 Å². The lowest BCUT2D eigenvalue weighted by molar-refractivity contribution is -0.385. The van der Waals surface area contributed by atoms with Crippen LogP contribution in [0, 0.1) is 22.9 Å². The summed E-state index contributed by atoms with van der Waals surface area (Å²) in [5.41, 5.74) is 0.0864. The summed E-state index contributed by atoms with van der Waals surface area (Å²) in [4.78, 5) is 22.2. The molecule has 7 nitrogen and oxygen atoms in total. The predicted molar refractivity (Wildman–Crippen MR) is 72.3 cm³/mol. The lowest BCUT2D eigenvalue weighted by Gasteiger charge is -2.13. The number of aryl methyl sites for hydroxylation is 1. The number of nitrogens with one attached hydrogen (secondary N) is 2. The van der Waals surface area contributed by atoms with Gasteiger partial charge in [0, 0.05) is 23.9 Å². The van der Waals surface area contributed by atoms with Crippen LogP contribution >= 0.6 is 0 Å². The highest BCUT2D eigenvalue weighted by Crippen LogP contribution is 2.22. The van der Waals surface area contributed by atoms with E-state index in [0.717, 1.165) is 12.1 Å². The van der Waals surface area contributed by atoms with E-state index in [1.54, 1.807) is 13.1 Å². The highest BCUT2D eigenvalue weighted by atomic mass is 19.1. The Labute approximate surface area is 119 Å². The number of carbonyl (C=O) groups is 1. The smallest absolute Gasteiger partial charge is 0.270 e. The van der Waals surface area contributed by atoms with Crippen molar-refractivity contribution in [3.05, 3.63) is 57.1 Å². The van der Waals surface area contributed by atoms with Crippen LogP contribution in [-0.2, 0) is 0 Å². The SMILES string of the molecule is Cc1cc([N+](=O)[O-])cc(C(=O)NC(C)c2cn[nH]c2)c1F. The Hall–Kier alpha value is -2.77. The number of benzene rings is 1. The number of aromatic amines is 1. The number of rotatable bonds is 4. The standard InChI is InChI=1S/C13H13FN4O3/c1-7-3-10(18(20)21)4-11(12(7)14)13(19)17-8(2)9-5-15-16-6-9/h3-6,8H,1-2H3,(H,15,16)(H,17,19). The molecule has 1 amide bonds. The molecular formula is C13H13FN4O3. The fourth-order valence-electron chi connectivity index (χ4n) is 1.88. The Balaban J connectivity index is 2.28. The number of nitrogens with zero attached hydrogens (tertiary/aromatic N) is 2. The Morgan fingerprint density at radius 1 is 1.52 bits per heavy atom. The molecule has 0 saturated heterocycles. The number of nitro benzene ring substituents is 1. The van der Waals surface area contributed by atoms with Gasteiger partial charge in [0.1, 0.15) is 5.82 Å². The van der Waals surface area contributed by atoms with E-state index in [-0.39, 0.29) is 16.8 Å². The Morgan fingerprint density at radius 3 is 2.81 bits per heavy atom. The summed E-state index contributed by atoms with van der Waals surface area (Å²) in [6.07, 6.45) is 3.12.